The van der Waals surface area contributed by atoms with Gasteiger partial charge in [-0.15, -0.1) is 11.3 Å². The van der Waals surface area contributed by atoms with Crippen molar-refractivity contribution in [1.29, 1.82) is 0 Å². The molecule has 1 amide bonds. The average Bonchev–Trinajstić information content (AvgIpc) is 3.41. The molecule has 0 saturated heterocycles. The summed E-state index contributed by atoms with van der Waals surface area (Å²) in [5, 5.41) is 13.3. The van der Waals surface area contributed by atoms with Crippen LogP contribution in [0.15, 0.2) is 63.6 Å². The second kappa shape index (κ2) is 7.85. The number of ketones is 1. The van der Waals surface area contributed by atoms with Crippen LogP contribution in [0.25, 0.3) is 11.0 Å². The van der Waals surface area contributed by atoms with Gasteiger partial charge in [-0.3, -0.25) is 9.59 Å². The highest BCUT2D eigenvalue weighted by molar-refractivity contribution is 7.10. The Labute approximate surface area is 172 Å². The van der Waals surface area contributed by atoms with Crippen molar-refractivity contribution < 1.29 is 19.1 Å². The number of aliphatic hydroxyl groups is 1. The van der Waals surface area contributed by atoms with E-state index in [1.165, 1.54) is 11.3 Å². The predicted octanol–water partition coefficient (Wildman–Crippen LogP) is 4.02. The van der Waals surface area contributed by atoms with Gasteiger partial charge in [0.05, 0.1) is 11.6 Å². The highest BCUT2D eigenvalue weighted by atomic mass is 32.1. The summed E-state index contributed by atoms with van der Waals surface area (Å²) in [5.74, 6) is -1.34. The second-order valence-electron chi connectivity index (χ2n) is 7.31. The molecule has 1 aliphatic rings. The molecule has 3 aromatic rings. The summed E-state index contributed by atoms with van der Waals surface area (Å²) >= 11 is 1.46. The average molecular weight is 410 g/mol. The number of nitrogens with zero attached hydrogens (tertiary/aromatic N) is 2. The highest BCUT2D eigenvalue weighted by Gasteiger charge is 2.44. The van der Waals surface area contributed by atoms with Gasteiger partial charge in [0.1, 0.15) is 5.58 Å². The number of carbonyl (C=O) groups excluding carboxylic acids is 2. The molecule has 3 heterocycles. The number of hydrogen-bond acceptors (Lipinski definition) is 6. The maximum atomic E-state index is 13.3. The van der Waals surface area contributed by atoms with Crippen molar-refractivity contribution in [3.05, 3.63) is 69.8 Å². The van der Waals surface area contributed by atoms with Crippen LogP contribution in [0.3, 0.4) is 0 Å². The van der Waals surface area contributed by atoms with Gasteiger partial charge in [-0.05, 0) is 50.6 Å². The molecule has 0 unspecified atom stereocenters. The molecule has 0 fully saturated rings. The van der Waals surface area contributed by atoms with Crippen molar-refractivity contribution in [1.82, 2.24) is 9.80 Å². The van der Waals surface area contributed by atoms with E-state index in [4.69, 9.17) is 4.42 Å². The van der Waals surface area contributed by atoms with Gasteiger partial charge in [-0.25, -0.2) is 0 Å². The quantitative estimate of drug-likeness (QED) is 0.596. The normalized spacial score (nSPS) is 17.1. The molecule has 0 radical (unpaired) electrons. The maximum Gasteiger partial charge on any atom is 0.290 e. The molecular formula is C22H22N2O4S. The highest BCUT2D eigenvalue weighted by Crippen LogP contribution is 2.41. The van der Waals surface area contributed by atoms with Crippen LogP contribution in [0.4, 0.5) is 0 Å². The smallest absolute Gasteiger partial charge is 0.290 e. The zero-order chi connectivity index (χ0) is 20.5. The van der Waals surface area contributed by atoms with Crippen molar-refractivity contribution in [2.24, 2.45) is 0 Å². The summed E-state index contributed by atoms with van der Waals surface area (Å²) in [5.41, 5.74) is 0.678. The van der Waals surface area contributed by atoms with Gasteiger partial charge in [-0.2, -0.15) is 0 Å². The van der Waals surface area contributed by atoms with Gasteiger partial charge >= 0.3 is 0 Å². The fourth-order valence-electron chi connectivity index (χ4n) is 3.64. The van der Waals surface area contributed by atoms with Gasteiger partial charge < -0.3 is 19.3 Å². The number of aliphatic hydroxyl groups excluding tert-OH is 1. The maximum absolute atomic E-state index is 13.3. The SMILES string of the molecule is CN(C)CCCN1C(=O)C(O)=C(C(=O)c2cc3ccccc3o2)[C@@H]1c1cccs1. The monoisotopic (exact) mass is 410 g/mol. The number of thiophene rings is 1. The number of para-hydroxylation sites is 1. The van der Waals surface area contributed by atoms with E-state index >= 15 is 0 Å². The van der Waals surface area contributed by atoms with Crippen LogP contribution in [-0.4, -0.2) is 53.8 Å². The lowest BCUT2D eigenvalue weighted by molar-refractivity contribution is -0.129. The van der Waals surface area contributed by atoms with E-state index in [9.17, 15) is 14.7 Å². The summed E-state index contributed by atoms with van der Waals surface area (Å²) in [6.45, 7) is 1.25. The van der Waals surface area contributed by atoms with Crippen molar-refractivity contribution in [2.75, 3.05) is 27.2 Å². The van der Waals surface area contributed by atoms with E-state index in [2.05, 4.69) is 0 Å². The lowest BCUT2D eigenvalue weighted by Crippen LogP contribution is -2.33. The number of hydrogen-bond donors (Lipinski definition) is 1. The third kappa shape index (κ3) is 3.59. The van der Waals surface area contributed by atoms with Crippen LogP contribution < -0.4 is 0 Å². The van der Waals surface area contributed by atoms with Crippen molar-refractivity contribution in [3.63, 3.8) is 0 Å². The second-order valence-corrected chi connectivity index (χ2v) is 8.29. The van der Waals surface area contributed by atoms with Crippen LogP contribution in [0.5, 0.6) is 0 Å². The molecule has 0 spiro atoms. The fourth-order valence-corrected chi connectivity index (χ4v) is 4.49. The lowest BCUT2D eigenvalue weighted by Gasteiger charge is -2.26. The zero-order valence-electron chi connectivity index (χ0n) is 16.3. The lowest BCUT2D eigenvalue weighted by atomic mass is 10.00. The Kier molecular flexibility index (Phi) is 5.25. The van der Waals surface area contributed by atoms with Crippen molar-refractivity contribution in [3.8, 4) is 0 Å². The van der Waals surface area contributed by atoms with Gasteiger partial charge in [0, 0.05) is 16.8 Å². The molecular weight excluding hydrogens is 388 g/mol. The summed E-state index contributed by atoms with van der Waals surface area (Å²) in [6.07, 6.45) is 0.736. The van der Waals surface area contributed by atoms with E-state index in [0.29, 0.717) is 12.1 Å². The molecule has 7 heteroatoms. The Morgan fingerprint density at radius 3 is 2.72 bits per heavy atom. The number of amides is 1. The van der Waals surface area contributed by atoms with E-state index in [1.807, 2.05) is 54.7 Å². The minimum atomic E-state index is -0.606. The third-order valence-electron chi connectivity index (χ3n) is 5.01. The van der Waals surface area contributed by atoms with Gasteiger partial charge in [0.25, 0.3) is 5.91 Å². The molecule has 1 aliphatic heterocycles. The van der Waals surface area contributed by atoms with Gasteiger partial charge in [-0.1, -0.05) is 24.3 Å². The first-order valence-electron chi connectivity index (χ1n) is 9.43. The summed E-state index contributed by atoms with van der Waals surface area (Å²) in [6, 6.07) is 12.1. The number of carbonyl (C=O) groups is 2. The Morgan fingerprint density at radius 2 is 2.03 bits per heavy atom. The predicted molar refractivity (Wildman–Crippen MR) is 112 cm³/mol. The fraction of sp³-hybridized carbons (Fsp3) is 0.273. The molecule has 4 rings (SSSR count). The Bertz CT molecular complexity index is 1050. The molecule has 2 aromatic heterocycles. The number of rotatable bonds is 7. The number of fused-ring (bicyclic) bond motifs is 1. The standard InChI is InChI=1S/C22H22N2O4S/c1-23(2)10-6-11-24-19(17-9-5-12-29-17)18(21(26)22(24)27)20(25)16-13-14-7-3-4-8-15(14)28-16/h3-5,7-9,12-13,19,26H,6,10-11H2,1-2H3/t19-/m0/s1. The topological polar surface area (TPSA) is 74.0 Å². The summed E-state index contributed by atoms with van der Waals surface area (Å²) in [4.78, 5) is 30.6. The van der Waals surface area contributed by atoms with E-state index in [1.54, 1.807) is 17.0 Å². The Balaban J connectivity index is 1.71. The van der Waals surface area contributed by atoms with Crippen LogP contribution in [-0.2, 0) is 4.79 Å². The first kappa shape index (κ1) is 19.4. The summed E-state index contributed by atoms with van der Waals surface area (Å²) in [7, 11) is 3.93. The van der Waals surface area contributed by atoms with Crippen molar-refractivity contribution in [2.45, 2.75) is 12.5 Å². The Hall–Kier alpha value is -2.90. The molecule has 0 bridgehead atoms. The number of Topliss-reactive ketones (excluding diaryl/α,β-unsaturated/α-hetero) is 1. The first-order valence-corrected chi connectivity index (χ1v) is 10.3. The van der Waals surface area contributed by atoms with E-state index < -0.39 is 23.5 Å². The van der Waals surface area contributed by atoms with Crippen LogP contribution in [0.1, 0.15) is 27.9 Å². The minimum absolute atomic E-state index is 0.0846. The largest absolute Gasteiger partial charge is 0.503 e. The van der Waals surface area contributed by atoms with Crippen molar-refractivity contribution >= 4 is 34.0 Å². The Morgan fingerprint density at radius 1 is 1.24 bits per heavy atom. The molecule has 6 nitrogen and oxygen atoms in total. The molecule has 0 saturated carbocycles. The van der Waals surface area contributed by atoms with E-state index in [0.717, 1.165) is 23.2 Å². The molecule has 150 valence electrons. The van der Waals surface area contributed by atoms with Crippen LogP contribution >= 0.6 is 11.3 Å². The third-order valence-corrected chi connectivity index (χ3v) is 5.94. The van der Waals surface area contributed by atoms with E-state index in [-0.39, 0.29) is 11.3 Å². The van der Waals surface area contributed by atoms with Crippen LogP contribution in [0, 0.1) is 0 Å². The first-order chi connectivity index (χ1) is 14.0. The summed E-state index contributed by atoms with van der Waals surface area (Å²) < 4.78 is 5.71. The van der Waals surface area contributed by atoms with Gasteiger partial charge in [0.15, 0.2) is 11.5 Å². The van der Waals surface area contributed by atoms with Gasteiger partial charge in [0.2, 0.25) is 5.78 Å². The molecule has 29 heavy (non-hydrogen) atoms. The molecule has 0 aliphatic carbocycles. The molecule has 1 aromatic carbocycles. The molecule has 1 N–H and O–H groups in total. The van der Waals surface area contributed by atoms with Crippen LogP contribution in [0.2, 0.25) is 0 Å². The number of benzene rings is 1. The minimum Gasteiger partial charge on any atom is -0.503 e. The molecule has 1 atom stereocenters. The zero-order valence-corrected chi connectivity index (χ0v) is 17.1. The number of furan rings is 1.